The highest BCUT2D eigenvalue weighted by Gasteiger charge is 2.06. The predicted octanol–water partition coefficient (Wildman–Crippen LogP) is 2.35. The summed E-state index contributed by atoms with van der Waals surface area (Å²) in [4.78, 5) is 4.37. The summed E-state index contributed by atoms with van der Waals surface area (Å²) >= 11 is 0. The van der Waals surface area contributed by atoms with Crippen LogP contribution in [0.4, 0.5) is 0 Å². The Morgan fingerprint density at radius 1 is 1.47 bits per heavy atom. The lowest BCUT2D eigenvalue weighted by atomic mass is 10.1. The molecule has 1 N–H and O–H groups in total. The van der Waals surface area contributed by atoms with Crippen LogP contribution in [0.1, 0.15) is 38.7 Å². The molecule has 0 saturated heterocycles. The third kappa shape index (κ3) is 3.67. The monoisotopic (exact) mass is 209 g/mol. The van der Waals surface area contributed by atoms with Crippen LogP contribution in [0.3, 0.4) is 0 Å². The van der Waals surface area contributed by atoms with E-state index in [2.05, 4.69) is 42.6 Å². The van der Waals surface area contributed by atoms with Gasteiger partial charge in [0.05, 0.1) is 5.69 Å². The van der Waals surface area contributed by atoms with E-state index in [1.807, 2.05) is 6.20 Å². The molecule has 0 aliphatic carbocycles. The number of hydrogen-bond acceptors (Lipinski definition) is 2. The van der Waals surface area contributed by atoms with Gasteiger partial charge in [0.1, 0.15) is 5.82 Å². The molecule has 0 radical (unpaired) electrons. The first kappa shape index (κ1) is 12.2. The van der Waals surface area contributed by atoms with E-state index in [9.17, 15) is 0 Å². The van der Waals surface area contributed by atoms with E-state index >= 15 is 0 Å². The van der Waals surface area contributed by atoms with E-state index in [-0.39, 0.29) is 0 Å². The minimum Gasteiger partial charge on any atom is -0.331 e. The molecule has 3 nitrogen and oxygen atoms in total. The van der Waals surface area contributed by atoms with Crippen molar-refractivity contribution in [3.05, 3.63) is 17.7 Å². The van der Waals surface area contributed by atoms with E-state index in [1.165, 1.54) is 12.1 Å². The van der Waals surface area contributed by atoms with Gasteiger partial charge >= 0.3 is 0 Å². The zero-order valence-electron chi connectivity index (χ0n) is 10.4. The van der Waals surface area contributed by atoms with Gasteiger partial charge in [-0.05, 0) is 25.8 Å². The van der Waals surface area contributed by atoms with Crippen LogP contribution >= 0.6 is 0 Å². The molecule has 3 heteroatoms. The van der Waals surface area contributed by atoms with Crippen molar-refractivity contribution < 1.29 is 0 Å². The van der Waals surface area contributed by atoms with Crippen molar-refractivity contribution in [1.82, 2.24) is 14.9 Å². The Kier molecular flexibility index (Phi) is 4.82. The van der Waals surface area contributed by atoms with Gasteiger partial charge in [0.15, 0.2) is 0 Å². The van der Waals surface area contributed by atoms with Crippen LogP contribution in [-0.4, -0.2) is 16.1 Å². The smallest absolute Gasteiger partial charge is 0.105 e. The molecule has 0 fully saturated rings. The fourth-order valence-corrected chi connectivity index (χ4v) is 1.60. The quantitative estimate of drug-likeness (QED) is 0.779. The van der Waals surface area contributed by atoms with Crippen molar-refractivity contribution in [1.29, 1.82) is 0 Å². The maximum Gasteiger partial charge on any atom is 0.105 e. The van der Waals surface area contributed by atoms with E-state index in [0.29, 0.717) is 0 Å². The Labute approximate surface area is 92.9 Å². The standard InChI is InChI=1S/C12H23N3/c1-5-13-8-12-9-14-11(4)15(12)7-6-10(2)3/h9-10,13H,5-8H2,1-4H3. The minimum absolute atomic E-state index is 0.749. The van der Waals surface area contributed by atoms with Gasteiger partial charge in [-0.2, -0.15) is 0 Å². The molecule has 1 aromatic heterocycles. The van der Waals surface area contributed by atoms with Gasteiger partial charge in [-0.15, -0.1) is 0 Å². The van der Waals surface area contributed by atoms with Crippen LogP contribution in [0.5, 0.6) is 0 Å². The predicted molar refractivity (Wildman–Crippen MR) is 63.8 cm³/mol. The molecular weight excluding hydrogens is 186 g/mol. The van der Waals surface area contributed by atoms with Crippen LogP contribution in [0.15, 0.2) is 6.20 Å². The van der Waals surface area contributed by atoms with Gasteiger partial charge in [-0.3, -0.25) is 0 Å². The van der Waals surface area contributed by atoms with Gasteiger partial charge in [0.25, 0.3) is 0 Å². The second kappa shape index (κ2) is 5.91. The van der Waals surface area contributed by atoms with Crippen LogP contribution < -0.4 is 5.32 Å². The molecule has 1 rings (SSSR count). The zero-order valence-corrected chi connectivity index (χ0v) is 10.4. The van der Waals surface area contributed by atoms with Crippen molar-refractivity contribution >= 4 is 0 Å². The van der Waals surface area contributed by atoms with Crippen molar-refractivity contribution in [3.63, 3.8) is 0 Å². The summed E-state index contributed by atoms with van der Waals surface area (Å²) in [7, 11) is 0. The van der Waals surface area contributed by atoms with Crippen molar-refractivity contribution in [2.24, 2.45) is 5.92 Å². The molecule has 0 saturated carbocycles. The van der Waals surface area contributed by atoms with Crippen LogP contribution in [-0.2, 0) is 13.1 Å². The zero-order chi connectivity index (χ0) is 11.3. The highest BCUT2D eigenvalue weighted by atomic mass is 15.1. The molecule has 0 spiro atoms. The normalized spacial score (nSPS) is 11.3. The Hall–Kier alpha value is -0.830. The number of imidazole rings is 1. The van der Waals surface area contributed by atoms with Crippen molar-refractivity contribution in [2.75, 3.05) is 6.54 Å². The third-order valence-corrected chi connectivity index (χ3v) is 2.62. The summed E-state index contributed by atoms with van der Waals surface area (Å²) in [6.45, 7) is 11.7. The Bertz CT molecular complexity index is 289. The first-order chi connectivity index (χ1) is 7.15. The first-order valence-corrected chi connectivity index (χ1v) is 5.86. The van der Waals surface area contributed by atoms with Crippen LogP contribution in [0.25, 0.3) is 0 Å². The Morgan fingerprint density at radius 3 is 2.80 bits per heavy atom. The summed E-state index contributed by atoms with van der Waals surface area (Å²) in [5, 5.41) is 3.35. The number of nitrogens with zero attached hydrogens (tertiary/aromatic N) is 2. The summed E-state index contributed by atoms with van der Waals surface area (Å²) in [6, 6.07) is 0. The van der Waals surface area contributed by atoms with Gasteiger partial charge in [0, 0.05) is 19.3 Å². The largest absolute Gasteiger partial charge is 0.331 e. The molecule has 0 atom stereocenters. The summed E-state index contributed by atoms with van der Waals surface area (Å²) in [5.41, 5.74) is 1.30. The number of nitrogens with one attached hydrogen (secondary N) is 1. The lowest BCUT2D eigenvalue weighted by Gasteiger charge is -2.12. The molecular formula is C12H23N3. The van der Waals surface area contributed by atoms with Crippen LogP contribution in [0.2, 0.25) is 0 Å². The summed E-state index contributed by atoms with van der Waals surface area (Å²) < 4.78 is 2.32. The molecule has 86 valence electrons. The van der Waals surface area contributed by atoms with E-state index in [4.69, 9.17) is 0 Å². The van der Waals surface area contributed by atoms with Crippen molar-refractivity contribution in [3.8, 4) is 0 Å². The SMILES string of the molecule is CCNCc1cnc(C)n1CCC(C)C. The average Bonchev–Trinajstić information content (AvgIpc) is 2.53. The summed E-state index contributed by atoms with van der Waals surface area (Å²) in [6.07, 6.45) is 3.20. The molecule has 0 unspecified atom stereocenters. The lowest BCUT2D eigenvalue weighted by Crippen LogP contribution is -2.16. The van der Waals surface area contributed by atoms with Crippen molar-refractivity contribution in [2.45, 2.75) is 47.2 Å². The fourth-order valence-electron chi connectivity index (χ4n) is 1.60. The number of aryl methyl sites for hydroxylation is 1. The van der Waals surface area contributed by atoms with Gasteiger partial charge in [-0.1, -0.05) is 20.8 Å². The average molecular weight is 209 g/mol. The Morgan fingerprint density at radius 2 is 2.20 bits per heavy atom. The minimum atomic E-state index is 0.749. The topological polar surface area (TPSA) is 29.9 Å². The second-order valence-electron chi connectivity index (χ2n) is 4.41. The number of hydrogen-bond donors (Lipinski definition) is 1. The molecule has 1 aromatic rings. The second-order valence-corrected chi connectivity index (χ2v) is 4.41. The van der Waals surface area contributed by atoms with E-state index < -0.39 is 0 Å². The maximum absolute atomic E-state index is 4.37. The molecule has 0 aliphatic heterocycles. The van der Waals surface area contributed by atoms with Gasteiger partial charge < -0.3 is 9.88 Å². The van der Waals surface area contributed by atoms with E-state index in [0.717, 1.165) is 31.4 Å². The molecule has 0 aromatic carbocycles. The molecule has 0 bridgehead atoms. The number of rotatable bonds is 6. The Balaban J connectivity index is 2.62. The molecule has 15 heavy (non-hydrogen) atoms. The fraction of sp³-hybridized carbons (Fsp3) is 0.750. The van der Waals surface area contributed by atoms with Gasteiger partial charge in [0.2, 0.25) is 0 Å². The van der Waals surface area contributed by atoms with E-state index in [1.54, 1.807) is 0 Å². The summed E-state index contributed by atoms with van der Waals surface area (Å²) in [5.74, 6) is 1.88. The molecule has 1 heterocycles. The third-order valence-electron chi connectivity index (χ3n) is 2.62. The maximum atomic E-state index is 4.37. The first-order valence-electron chi connectivity index (χ1n) is 5.86. The van der Waals surface area contributed by atoms with Crippen LogP contribution in [0, 0.1) is 12.8 Å². The van der Waals surface area contributed by atoms with Gasteiger partial charge in [-0.25, -0.2) is 4.98 Å². The highest BCUT2D eigenvalue weighted by Crippen LogP contribution is 2.09. The molecule has 0 amide bonds. The lowest BCUT2D eigenvalue weighted by molar-refractivity contribution is 0.495. The molecule has 0 aliphatic rings. The highest BCUT2D eigenvalue weighted by molar-refractivity contribution is 5.04. The number of aromatic nitrogens is 2.